The Morgan fingerprint density at radius 3 is 2.43 bits per heavy atom. The largest absolute Gasteiger partial charge is 0.378 e. The summed E-state index contributed by atoms with van der Waals surface area (Å²) in [5, 5.41) is 9.34. The second-order valence-corrected chi connectivity index (χ2v) is 2.56. The summed E-state index contributed by atoms with van der Waals surface area (Å²) in [6.45, 7) is 0. The van der Waals surface area contributed by atoms with Gasteiger partial charge in [-0.05, 0) is 12.8 Å². The van der Waals surface area contributed by atoms with Crippen molar-refractivity contribution in [3.63, 3.8) is 0 Å². The normalized spacial score (nSPS) is 14.1. The molecule has 0 aliphatic heterocycles. The van der Waals surface area contributed by atoms with Gasteiger partial charge in [-0.25, -0.2) is 0 Å². The first kappa shape index (κ1) is 7.73. The van der Waals surface area contributed by atoms with E-state index in [2.05, 4.69) is 15.9 Å². The maximum Gasteiger partial charge on any atom is 0.128 e. The molecule has 0 amide bonds. The first-order valence-electron chi connectivity index (χ1n) is 2.15. The zero-order valence-electron chi connectivity index (χ0n) is 3.90. The maximum atomic E-state index is 8.43. The molecular formula is C4H8BrClO. The quantitative estimate of drug-likeness (QED) is 0.667. The Balaban J connectivity index is 2.68. The molecule has 1 N–H and O–H groups in total. The smallest absolute Gasteiger partial charge is 0.128 e. The number of hydrogen-bond donors (Lipinski definition) is 1. The molecule has 0 bridgehead atoms. The van der Waals surface area contributed by atoms with Crippen LogP contribution in [0.3, 0.4) is 0 Å². The van der Waals surface area contributed by atoms with E-state index in [0.29, 0.717) is 6.42 Å². The van der Waals surface area contributed by atoms with Crippen LogP contribution in [0.4, 0.5) is 0 Å². The van der Waals surface area contributed by atoms with Gasteiger partial charge in [-0.1, -0.05) is 27.5 Å². The van der Waals surface area contributed by atoms with Crippen molar-refractivity contribution in [2.45, 2.75) is 18.4 Å². The first-order valence-corrected chi connectivity index (χ1v) is 3.71. The Kier molecular flexibility index (Phi) is 5.39. The molecule has 1 atom stereocenters. The van der Waals surface area contributed by atoms with Crippen LogP contribution in [0.5, 0.6) is 0 Å². The fourth-order valence-corrected chi connectivity index (χ4v) is 0.724. The Hall–Kier alpha value is 0.730. The zero-order valence-corrected chi connectivity index (χ0v) is 6.24. The molecule has 1 unspecified atom stereocenters. The topological polar surface area (TPSA) is 20.2 Å². The predicted molar refractivity (Wildman–Crippen MR) is 34.9 cm³/mol. The number of aliphatic hydroxyl groups excluding tert-OH is 1. The van der Waals surface area contributed by atoms with Gasteiger partial charge in [-0.15, -0.1) is 0 Å². The number of alkyl halides is 2. The highest BCUT2D eigenvalue weighted by molar-refractivity contribution is 9.09. The Morgan fingerprint density at radius 1 is 1.71 bits per heavy atom. The molecule has 0 heterocycles. The van der Waals surface area contributed by atoms with Crippen LogP contribution >= 0.6 is 27.5 Å². The SMILES string of the molecule is OC(Cl)CCCBr. The minimum absolute atomic E-state index is 0.655. The van der Waals surface area contributed by atoms with Gasteiger partial charge in [0.1, 0.15) is 5.56 Å². The molecule has 0 fully saturated rings. The van der Waals surface area contributed by atoms with Gasteiger partial charge in [0.25, 0.3) is 0 Å². The number of rotatable bonds is 3. The van der Waals surface area contributed by atoms with Crippen LogP contribution in [0.15, 0.2) is 0 Å². The molecule has 0 spiro atoms. The summed E-state index contributed by atoms with van der Waals surface area (Å²) in [6, 6.07) is 0. The van der Waals surface area contributed by atoms with E-state index in [1.807, 2.05) is 0 Å². The highest BCUT2D eigenvalue weighted by Gasteiger charge is 1.93. The van der Waals surface area contributed by atoms with Crippen molar-refractivity contribution >= 4 is 27.5 Å². The lowest BCUT2D eigenvalue weighted by atomic mass is 10.4. The zero-order chi connectivity index (χ0) is 5.70. The third kappa shape index (κ3) is 6.73. The summed E-state index contributed by atoms with van der Waals surface area (Å²) in [5.41, 5.74) is -0.655. The average molecular weight is 187 g/mol. The van der Waals surface area contributed by atoms with E-state index in [-0.39, 0.29) is 0 Å². The maximum absolute atomic E-state index is 8.43. The summed E-state index contributed by atoms with van der Waals surface area (Å²) in [7, 11) is 0. The van der Waals surface area contributed by atoms with Crippen molar-refractivity contribution in [2.75, 3.05) is 5.33 Å². The molecule has 0 aromatic carbocycles. The van der Waals surface area contributed by atoms with Gasteiger partial charge in [-0.3, -0.25) is 0 Å². The van der Waals surface area contributed by atoms with Crippen LogP contribution in [0.25, 0.3) is 0 Å². The molecule has 0 saturated carbocycles. The number of halogens is 2. The van der Waals surface area contributed by atoms with Gasteiger partial charge in [0.2, 0.25) is 0 Å². The summed E-state index contributed by atoms with van der Waals surface area (Å²) in [4.78, 5) is 0. The van der Waals surface area contributed by atoms with Crippen LogP contribution in [-0.2, 0) is 0 Å². The van der Waals surface area contributed by atoms with Crippen molar-refractivity contribution in [3.05, 3.63) is 0 Å². The minimum Gasteiger partial charge on any atom is -0.378 e. The van der Waals surface area contributed by atoms with Crippen molar-refractivity contribution in [1.29, 1.82) is 0 Å². The van der Waals surface area contributed by atoms with Gasteiger partial charge < -0.3 is 5.11 Å². The van der Waals surface area contributed by atoms with Crippen molar-refractivity contribution < 1.29 is 5.11 Å². The summed E-state index contributed by atoms with van der Waals surface area (Å²) in [5.74, 6) is 0. The van der Waals surface area contributed by atoms with Crippen molar-refractivity contribution in [2.24, 2.45) is 0 Å². The Morgan fingerprint density at radius 2 is 2.29 bits per heavy atom. The van der Waals surface area contributed by atoms with E-state index in [0.717, 1.165) is 11.8 Å². The molecular weight excluding hydrogens is 179 g/mol. The molecule has 0 aliphatic carbocycles. The molecule has 1 nitrogen and oxygen atoms in total. The minimum atomic E-state index is -0.655. The van der Waals surface area contributed by atoms with Gasteiger partial charge in [0, 0.05) is 5.33 Å². The van der Waals surface area contributed by atoms with Crippen molar-refractivity contribution in [1.82, 2.24) is 0 Å². The monoisotopic (exact) mass is 186 g/mol. The van der Waals surface area contributed by atoms with E-state index in [4.69, 9.17) is 16.7 Å². The van der Waals surface area contributed by atoms with E-state index >= 15 is 0 Å². The average Bonchev–Trinajstić information content (AvgIpc) is 1.61. The summed E-state index contributed by atoms with van der Waals surface area (Å²) >= 11 is 8.40. The summed E-state index contributed by atoms with van der Waals surface area (Å²) in [6.07, 6.45) is 1.61. The molecule has 3 heteroatoms. The Bertz CT molecular complexity index is 40.7. The molecule has 0 radical (unpaired) electrons. The summed E-state index contributed by atoms with van der Waals surface area (Å²) < 4.78 is 0. The lowest BCUT2D eigenvalue weighted by Crippen LogP contribution is -1.94. The fraction of sp³-hybridized carbons (Fsp3) is 1.00. The first-order chi connectivity index (χ1) is 3.27. The van der Waals surface area contributed by atoms with Crippen molar-refractivity contribution in [3.8, 4) is 0 Å². The highest BCUT2D eigenvalue weighted by atomic mass is 79.9. The predicted octanol–water partition coefficient (Wildman–Crippen LogP) is 1.72. The number of hydrogen-bond acceptors (Lipinski definition) is 1. The molecule has 7 heavy (non-hydrogen) atoms. The molecule has 0 aromatic rings. The molecule has 0 saturated heterocycles. The molecule has 0 rings (SSSR count). The van der Waals surface area contributed by atoms with Gasteiger partial charge in [-0.2, -0.15) is 0 Å². The second kappa shape index (κ2) is 4.88. The second-order valence-electron chi connectivity index (χ2n) is 1.27. The van der Waals surface area contributed by atoms with Crippen LogP contribution in [0.1, 0.15) is 12.8 Å². The van der Waals surface area contributed by atoms with E-state index in [9.17, 15) is 0 Å². The standard InChI is InChI=1S/C4H8BrClO/c5-3-1-2-4(6)7/h4,7H,1-3H2. The van der Waals surface area contributed by atoms with Gasteiger partial charge >= 0.3 is 0 Å². The third-order valence-corrected chi connectivity index (χ3v) is 1.35. The number of aliphatic hydroxyl groups is 1. The Labute approximate surface area is 56.8 Å². The van der Waals surface area contributed by atoms with Crippen LogP contribution in [-0.4, -0.2) is 16.0 Å². The third-order valence-electron chi connectivity index (χ3n) is 0.576. The highest BCUT2D eigenvalue weighted by Crippen LogP contribution is 2.01. The van der Waals surface area contributed by atoms with E-state index < -0.39 is 5.56 Å². The molecule has 0 aromatic heterocycles. The van der Waals surface area contributed by atoms with E-state index in [1.165, 1.54) is 0 Å². The molecule has 44 valence electrons. The fourth-order valence-electron chi connectivity index (χ4n) is 0.246. The van der Waals surface area contributed by atoms with Crippen LogP contribution in [0, 0.1) is 0 Å². The lowest BCUT2D eigenvalue weighted by molar-refractivity contribution is 0.245. The van der Waals surface area contributed by atoms with Crippen LogP contribution < -0.4 is 0 Å². The molecule has 0 aliphatic rings. The van der Waals surface area contributed by atoms with E-state index in [1.54, 1.807) is 0 Å². The van der Waals surface area contributed by atoms with Gasteiger partial charge in [0.15, 0.2) is 0 Å². The van der Waals surface area contributed by atoms with Crippen LogP contribution in [0.2, 0.25) is 0 Å². The lowest BCUT2D eigenvalue weighted by Gasteiger charge is -1.95. The van der Waals surface area contributed by atoms with Gasteiger partial charge in [0.05, 0.1) is 0 Å².